The zero-order valence-corrected chi connectivity index (χ0v) is 14.3. The number of fused-ring (bicyclic) bond motifs is 1. The van der Waals surface area contributed by atoms with E-state index in [1.807, 2.05) is 18.2 Å². The predicted molar refractivity (Wildman–Crippen MR) is 100 cm³/mol. The number of benzene rings is 1. The van der Waals surface area contributed by atoms with Crippen molar-refractivity contribution >= 4 is 33.2 Å². The normalized spacial score (nSPS) is 11.7. The minimum absolute atomic E-state index is 0.0555. The third kappa shape index (κ3) is 3.13. The average Bonchev–Trinajstić information content (AvgIpc) is 3.08. The number of para-hydroxylation sites is 1. The number of hydrogen-bond donors (Lipinski definition) is 4. The van der Waals surface area contributed by atoms with Gasteiger partial charge in [0.05, 0.1) is 22.4 Å². The van der Waals surface area contributed by atoms with E-state index < -0.39 is 22.8 Å². The number of carboxylic acid groups (broad SMARTS) is 1. The lowest BCUT2D eigenvalue weighted by molar-refractivity contribution is 0.0695. The van der Waals surface area contributed by atoms with Crippen LogP contribution in [0.4, 0.5) is 5.69 Å². The van der Waals surface area contributed by atoms with Crippen molar-refractivity contribution in [2.75, 3.05) is 5.01 Å². The van der Waals surface area contributed by atoms with E-state index in [0.717, 1.165) is 11.3 Å². The molecular formula is C17H16N4O4S. The summed E-state index contributed by atoms with van der Waals surface area (Å²) in [6, 6.07) is 10.7. The standard InChI is InChI=1S/C17H16N4O4S/c18-10(9-21(19)11-4-2-1-3-5-11)8-20-12-6-7-26-15(12)13(17(24)25)14(22)16(20)23/h1-7,9,22H,8,18-19H2,(H,24,25)/b10-9-. The van der Waals surface area contributed by atoms with Gasteiger partial charge in [0.2, 0.25) is 0 Å². The fourth-order valence-electron chi connectivity index (χ4n) is 2.59. The van der Waals surface area contributed by atoms with Crippen LogP contribution in [0.25, 0.3) is 10.2 Å². The molecule has 0 saturated carbocycles. The molecule has 6 N–H and O–H groups in total. The number of carboxylic acids is 1. The van der Waals surface area contributed by atoms with Crippen molar-refractivity contribution in [3.05, 3.63) is 69.6 Å². The maximum Gasteiger partial charge on any atom is 0.341 e. The Morgan fingerprint density at radius 1 is 1.27 bits per heavy atom. The van der Waals surface area contributed by atoms with Crippen LogP contribution in [0.1, 0.15) is 10.4 Å². The minimum Gasteiger partial charge on any atom is -0.502 e. The van der Waals surface area contributed by atoms with Gasteiger partial charge in [-0.15, -0.1) is 11.3 Å². The number of aromatic carboxylic acids is 1. The quantitative estimate of drug-likeness (QED) is 0.395. The van der Waals surface area contributed by atoms with E-state index in [9.17, 15) is 19.8 Å². The molecule has 0 aliphatic heterocycles. The number of rotatable bonds is 5. The van der Waals surface area contributed by atoms with Crippen LogP contribution in [0.3, 0.4) is 0 Å². The van der Waals surface area contributed by atoms with E-state index in [0.29, 0.717) is 15.9 Å². The summed E-state index contributed by atoms with van der Waals surface area (Å²) in [6.07, 6.45) is 1.46. The number of allylic oxidation sites excluding steroid dienone is 1. The molecule has 9 heteroatoms. The Hall–Kier alpha value is -3.30. The smallest absolute Gasteiger partial charge is 0.341 e. The number of anilines is 1. The lowest BCUT2D eigenvalue weighted by Gasteiger charge is -2.16. The second-order valence-electron chi connectivity index (χ2n) is 5.50. The predicted octanol–water partition coefficient (Wildman–Crippen LogP) is 1.65. The molecule has 0 unspecified atom stereocenters. The second kappa shape index (κ2) is 6.90. The van der Waals surface area contributed by atoms with Gasteiger partial charge in [0, 0.05) is 11.9 Å². The first-order chi connectivity index (χ1) is 12.4. The van der Waals surface area contributed by atoms with Crippen molar-refractivity contribution in [2.24, 2.45) is 11.6 Å². The Labute approximate surface area is 151 Å². The molecule has 0 saturated heterocycles. The molecular weight excluding hydrogens is 356 g/mol. The number of carbonyl (C=O) groups is 1. The summed E-state index contributed by atoms with van der Waals surface area (Å²) in [5.41, 5.74) is 6.12. The second-order valence-corrected chi connectivity index (χ2v) is 6.42. The van der Waals surface area contributed by atoms with Crippen molar-refractivity contribution in [2.45, 2.75) is 6.54 Å². The first kappa shape index (κ1) is 17.5. The molecule has 0 fully saturated rings. The monoisotopic (exact) mass is 372 g/mol. The van der Waals surface area contributed by atoms with Crippen molar-refractivity contribution in [1.82, 2.24) is 4.57 Å². The number of pyridine rings is 1. The van der Waals surface area contributed by atoms with E-state index >= 15 is 0 Å². The molecule has 0 spiro atoms. The summed E-state index contributed by atoms with van der Waals surface area (Å²) < 4.78 is 1.52. The molecule has 8 nitrogen and oxygen atoms in total. The molecule has 0 amide bonds. The molecule has 0 radical (unpaired) electrons. The molecule has 0 aliphatic carbocycles. The van der Waals surface area contributed by atoms with Crippen LogP contribution in [-0.2, 0) is 6.54 Å². The Morgan fingerprint density at radius 3 is 2.62 bits per heavy atom. The van der Waals surface area contributed by atoms with E-state index in [-0.39, 0.29) is 12.2 Å². The summed E-state index contributed by atoms with van der Waals surface area (Å²) in [5.74, 6) is 3.77. The molecule has 0 aliphatic rings. The minimum atomic E-state index is -1.36. The van der Waals surface area contributed by atoms with E-state index in [1.165, 1.54) is 15.8 Å². The third-order valence-electron chi connectivity index (χ3n) is 3.76. The van der Waals surface area contributed by atoms with Crippen molar-refractivity contribution in [3.63, 3.8) is 0 Å². The molecule has 26 heavy (non-hydrogen) atoms. The maximum atomic E-state index is 12.4. The van der Waals surface area contributed by atoms with Crippen LogP contribution in [0.2, 0.25) is 0 Å². The van der Waals surface area contributed by atoms with Gasteiger partial charge in [-0.2, -0.15) is 0 Å². The third-order valence-corrected chi connectivity index (χ3v) is 4.68. The van der Waals surface area contributed by atoms with Gasteiger partial charge < -0.3 is 15.9 Å². The van der Waals surface area contributed by atoms with Crippen LogP contribution in [0, 0.1) is 0 Å². The van der Waals surface area contributed by atoms with E-state index in [1.54, 1.807) is 23.6 Å². The molecule has 3 aromatic rings. The Morgan fingerprint density at radius 2 is 1.96 bits per heavy atom. The lowest BCUT2D eigenvalue weighted by atomic mass is 10.2. The highest BCUT2D eigenvalue weighted by atomic mass is 32.1. The van der Waals surface area contributed by atoms with Gasteiger partial charge in [0.15, 0.2) is 5.75 Å². The Balaban J connectivity index is 2.02. The summed E-state index contributed by atoms with van der Waals surface area (Å²) in [6.45, 7) is -0.0555. The largest absolute Gasteiger partial charge is 0.502 e. The first-order valence-electron chi connectivity index (χ1n) is 7.51. The van der Waals surface area contributed by atoms with E-state index in [4.69, 9.17) is 11.6 Å². The maximum absolute atomic E-state index is 12.4. The van der Waals surface area contributed by atoms with Gasteiger partial charge in [-0.1, -0.05) is 18.2 Å². The van der Waals surface area contributed by atoms with Gasteiger partial charge >= 0.3 is 5.97 Å². The Kier molecular flexibility index (Phi) is 4.65. The fraction of sp³-hybridized carbons (Fsp3) is 0.0588. The molecule has 0 atom stereocenters. The average molecular weight is 372 g/mol. The van der Waals surface area contributed by atoms with Crippen LogP contribution in [-0.4, -0.2) is 20.7 Å². The van der Waals surface area contributed by atoms with Gasteiger partial charge in [-0.25, -0.2) is 10.6 Å². The summed E-state index contributed by atoms with van der Waals surface area (Å²) >= 11 is 1.12. The molecule has 2 aromatic heterocycles. The molecule has 134 valence electrons. The number of hydrogen-bond acceptors (Lipinski definition) is 7. The molecule has 2 heterocycles. The van der Waals surface area contributed by atoms with E-state index in [2.05, 4.69) is 0 Å². The highest BCUT2D eigenvalue weighted by molar-refractivity contribution is 7.17. The molecule has 3 rings (SSSR count). The fourth-order valence-corrected chi connectivity index (χ4v) is 3.52. The topological polar surface area (TPSA) is 135 Å². The van der Waals surface area contributed by atoms with Crippen LogP contribution in [0.15, 0.2) is 58.5 Å². The number of aromatic nitrogens is 1. The van der Waals surface area contributed by atoms with Gasteiger partial charge in [0.25, 0.3) is 5.56 Å². The zero-order chi connectivity index (χ0) is 18.8. The van der Waals surface area contributed by atoms with Crippen LogP contribution < -0.4 is 22.1 Å². The molecule has 0 bridgehead atoms. The van der Waals surface area contributed by atoms with Gasteiger partial charge in [-0.3, -0.25) is 14.4 Å². The van der Waals surface area contributed by atoms with Crippen LogP contribution in [0.5, 0.6) is 5.75 Å². The summed E-state index contributed by atoms with van der Waals surface area (Å²) in [4.78, 5) is 23.8. The highest BCUT2D eigenvalue weighted by Gasteiger charge is 2.22. The number of nitrogens with zero attached hydrogens (tertiary/aromatic N) is 2. The van der Waals surface area contributed by atoms with Crippen molar-refractivity contribution < 1.29 is 15.0 Å². The Bertz CT molecular complexity index is 1060. The number of nitrogens with two attached hydrogens (primary N) is 2. The molecule has 1 aromatic carbocycles. The summed E-state index contributed by atoms with van der Waals surface area (Å²) in [5, 5.41) is 22.3. The number of aromatic hydroxyl groups is 1. The van der Waals surface area contributed by atoms with Crippen molar-refractivity contribution in [3.8, 4) is 5.75 Å². The van der Waals surface area contributed by atoms with Crippen LogP contribution >= 0.6 is 11.3 Å². The first-order valence-corrected chi connectivity index (χ1v) is 8.39. The van der Waals surface area contributed by atoms with Crippen molar-refractivity contribution in [1.29, 1.82) is 0 Å². The highest BCUT2D eigenvalue weighted by Crippen LogP contribution is 2.29. The number of thiophene rings is 1. The van der Waals surface area contributed by atoms with Gasteiger partial charge in [-0.05, 0) is 23.6 Å². The van der Waals surface area contributed by atoms with Gasteiger partial charge in [0.1, 0.15) is 5.56 Å². The lowest BCUT2D eigenvalue weighted by Crippen LogP contribution is -2.29. The number of hydrazine groups is 1. The SMILES string of the molecule is N/C(=C\N(N)c1ccccc1)Cn1c(=O)c(O)c(C(=O)O)c2sccc21. The zero-order valence-electron chi connectivity index (χ0n) is 13.5. The summed E-state index contributed by atoms with van der Waals surface area (Å²) in [7, 11) is 0.